The molecule has 1 unspecified atom stereocenters. The molecule has 0 saturated carbocycles. The number of hydrogen-bond acceptors (Lipinski definition) is 5. The fraction of sp³-hybridized carbons (Fsp3) is 0.217. The second-order valence-electron chi connectivity index (χ2n) is 7.16. The number of fused-ring (bicyclic) bond motifs is 1. The molecule has 1 aliphatic heterocycles. The average Bonchev–Trinajstić information content (AvgIpc) is 3.15. The second kappa shape index (κ2) is 8.93. The molecular weight excluding hydrogens is 435 g/mol. The number of nitrogens with two attached hydrogens (primary N) is 1. The molecule has 0 fully saturated rings. The SMILES string of the molecule is CCCc1[nH]nc2c1C(c1cccc(OCc3c(Cl)cccc3Cl)c1)C(C#N)=C(N)O2. The largest absolute Gasteiger partial charge is 0.489 e. The first kappa shape index (κ1) is 21.1. The molecule has 1 aliphatic rings. The summed E-state index contributed by atoms with van der Waals surface area (Å²) in [5.41, 5.74) is 9.71. The van der Waals surface area contributed by atoms with Crippen LogP contribution < -0.4 is 15.2 Å². The zero-order valence-corrected chi connectivity index (χ0v) is 18.3. The molecule has 0 spiro atoms. The van der Waals surface area contributed by atoms with Crippen LogP contribution in [0.4, 0.5) is 0 Å². The lowest BCUT2D eigenvalue weighted by Gasteiger charge is -2.24. The second-order valence-corrected chi connectivity index (χ2v) is 7.97. The summed E-state index contributed by atoms with van der Waals surface area (Å²) >= 11 is 12.5. The summed E-state index contributed by atoms with van der Waals surface area (Å²) < 4.78 is 11.6. The molecule has 2 heterocycles. The Morgan fingerprint density at radius 2 is 1.97 bits per heavy atom. The standard InChI is InChI=1S/C23H20Cl2N4O2/c1-2-5-19-21-20(15(11-26)22(27)31-23(21)29-28-19)13-6-3-7-14(10-13)30-12-16-17(24)8-4-9-18(16)25/h3-4,6-10,20H,2,5,12,27H2,1H3,(H,28,29). The van der Waals surface area contributed by atoms with Crippen LogP contribution in [0.25, 0.3) is 0 Å². The van der Waals surface area contributed by atoms with Gasteiger partial charge in [-0.15, -0.1) is 5.10 Å². The Kier molecular flexibility index (Phi) is 6.08. The average molecular weight is 455 g/mol. The number of nitrogens with zero attached hydrogens (tertiary/aromatic N) is 2. The Labute approximate surface area is 190 Å². The van der Waals surface area contributed by atoms with E-state index in [2.05, 4.69) is 23.2 Å². The van der Waals surface area contributed by atoms with Crippen LogP contribution in [0.15, 0.2) is 53.9 Å². The molecule has 6 nitrogen and oxygen atoms in total. The quantitative estimate of drug-likeness (QED) is 0.514. The molecule has 0 bridgehead atoms. The third kappa shape index (κ3) is 4.07. The van der Waals surface area contributed by atoms with Crippen LogP contribution in [0.5, 0.6) is 11.6 Å². The van der Waals surface area contributed by atoms with Gasteiger partial charge in [0.1, 0.15) is 24.0 Å². The highest BCUT2D eigenvalue weighted by Crippen LogP contribution is 2.43. The number of nitriles is 1. The van der Waals surface area contributed by atoms with Gasteiger partial charge in [0, 0.05) is 26.9 Å². The van der Waals surface area contributed by atoms with Crippen LogP contribution in [0.2, 0.25) is 10.0 Å². The van der Waals surface area contributed by atoms with Gasteiger partial charge in [-0.25, -0.2) is 0 Å². The van der Waals surface area contributed by atoms with Gasteiger partial charge < -0.3 is 15.2 Å². The molecule has 158 valence electrons. The monoisotopic (exact) mass is 454 g/mol. The van der Waals surface area contributed by atoms with E-state index in [9.17, 15) is 5.26 Å². The van der Waals surface area contributed by atoms with Crippen molar-refractivity contribution in [1.82, 2.24) is 10.2 Å². The number of hydrogen-bond donors (Lipinski definition) is 2. The fourth-order valence-corrected chi connectivity index (χ4v) is 4.20. The number of halogens is 2. The van der Waals surface area contributed by atoms with Gasteiger partial charge in [-0.2, -0.15) is 5.26 Å². The van der Waals surface area contributed by atoms with Gasteiger partial charge in [0.05, 0.1) is 5.92 Å². The van der Waals surface area contributed by atoms with Crippen molar-refractivity contribution in [2.45, 2.75) is 32.3 Å². The number of aryl methyl sites for hydroxylation is 1. The van der Waals surface area contributed by atoms with Gasteiger partial charge in [0.15, 0.2) is 0 Å². The molecule has 8 heteroatoms. The van der Waals surface area contributed by atoms with E-state index in [0.29, 0.717) is 32.8 Å². The number of aromatic amines is 1. The summed E-state index contributed by atoms with van der Waals surface area (Å²) in [5.74, 6) is 0.683. The van der Waals surface area contributed by atoms with Crippen LogP contribution in [0, 0.1) is 11.3 Å². The third-order valence-electron chi connectivity index (χ3n) is 5.15. The summed E-state index contributed by atoms with van der Waals surface area (Å²) in [5, 5.41) is 18.2. The van der Waals surface area contributed by atoms with Gasteiger partial charge in [-0.3, -0.25) is 5.10 Å². The van der Waals surface area contributed by atoms with E-state index in [0.717, 1.165) is 29.7 Å². The van der Waals surface area contributed by atoms with Gasteiger partial charge in [-0.1, -0.05) is 54.7 Å². The van der Waals surface area contributed by atoms with Crippen LogP contribution in [0.3, 0.4) is 0 Å². The Hall–Kier alpha value is -3.14. The Bertz CT molecular complexity index is 1180. The summed E-state index contributed by atoms with van der Waals surface area (Å²) in [7, 11) is 0. The summed E-state index contributed by atoms with van der Waals surface area (Å²) in [6.45, 7) is 2.30. The third-order valence-corrected chi connectivity index (χ3v) is 5.86. The van der Waals surface area contributed by atoms with Crippen molar-refractivity contribution in [1.29, 1.82) is 5.26 Å². The van der Waals surface area contributed by atoms with Crippen molar-refractivity contribution >= 4 is 23.2 Å². The zero-order valence-electron chi connectivity index (χ0n) is 16.8. The number of H-pyrrole nitrogens is 1. The molecule has 1 aromatic heterocycles. The van der Waals surface area contributed by atoms with E-state index in [-0.39, 0.29) is 12.5 Å². The highest BCUT2D eigenvalue weighted by atomic mass is 35.5. The van der Waals surface area contributed by atoms with Crippen molar-refractivity contribution in [3.63, 3.8) is 0 Å². The van der Waals surface area contributed by atoms with Crippen molar-refractivity contribution in [2.24, 2.45) is 5.73 Å². The van der Waals surface area contributed by atoms with Crippen molar-refractivity contribution in [2.75, 3.05) is 0 Å². The molecule has 0 saturated heterocycles. The molecule has 2 aromatic carbocycles. The van der Waals surface area contributed by atoms with E-state index in [1.807, 2.05) is 24.3 Å². The van der Waals surface area contributed by atoms with E-state index < -0.39 is 5.92 Å². The minimum absolute atomic E-state index is 0.0590. The topological polar surface area (TPSA) is 97.0 Å². The normalized spacial score (nSPS) is 15.2. The molecule has 0 radical (unpaired) electrons. The van der Waals surface area contributed by atoms with Crippen LogP contribution in [-0.2, 0) is 13.0 Å². The van der Waals surface area contributed by atoms with Crippen LogP contribution in [-0.4, -0.2) is 10.2 Å². The highest BCUT2D eigenvalue weighted by Gasteiger charge is 2.35. The van der Waals surface area contributed by atoms with E-state index in [1.54, 1.807) is 18.2 Å². The lowest BCUT2D eigenvalue weighted by atomic mass is 9.83. The van der Waals surface area contributed by atoms with Crippen molar-refractivity contribution in [3.8, 4) is 17.7 Å². The molecular formula is C23H20Cl2N4O2. The van der Waals surface area contributed by atoms with Gasteiger partial charge in [0.25, 0.3) is 0 Å². The molecule has 0 amide bonds. The molecule has 3 aromatic rings. The number of benzene rings is 2. The number of nitrogens with one attached hydrogen (secondary N) is 1. The van der Waals surface area contributed by atoms with Crippen LogP contribution in [0.1, 0.15) is 41.6 Å². The van der Waals surface area contributed by atoms with Crippen molar-refractivity contribution in [3.05, 3.63) is 86.4 Å². The first-order chi connectivity index (χ1) is 15.0. The molecule has 31 heavy (non-hydrogen) atoms. The first-order valence-electron chi connectivity index (χ1n) is 9.83. The number of aromatic nitrogens is 2. The maximum Gasteiger partial charge on any atom is 0.244 e. The van der Waals surface area contributed by atoms with Crippen molar-refractivity contribution < 1.29 is 9.47 Å². The lowest BCUT2D eigenvalue weighted by Crippen LogP contribution is -2.21. The lowest BCUT2D eigenvalue weighted by molar-refractivity contribution is 0.306. The van der Waals surface area contributed by atoms with Gasteiger partial charge in [-0.05, 0) is 36.2 Å². The van der Waals surface area contributed by atoms with Gasteiger partial charge >= 0.3 is 0 Å². The molecule has 1 atom stereocenters. The Morgan fingerprint density at radius 3 is 2.68 bits per heavy atom. The predicted octanol–water partition coefficient (Wildman–Crippen LogP) is 5.47. The van der Waals surface area contributed by atoms with E-state index >= 15 is 0 Å². The maximum atomic E-state index is 9.80. The number of ether oxygens (including phenoxy) is 2. The number of rotatable bonds is 6. The van der Waals surface area contributed by atoms with Gasteiger partial charge in [0.2, 0.25) is 11.8 Å². The fourth-order valence-electron chi connectivity index (χ4n) is 3.69. The summed E-state index contributed by atoms with van der Waals surface area (Å²) in [6, 6.07) is 15.1. The number of allylic oxidation sites excluding steroid dienone is 1. The zero-order chi connectivity index (χ0) is 22.0. The molecule has 0 aliphatic carbocycles. The Morgan fingerprint density at radius 1 is 1.23 bits per heavy atom. The smallest absolute Gasteiger partial charge is 0.244 e. The molecule has 4 rings (SSSR count). The van der Waals surface area contributed by atoms with E-state index in [4.69, 9.17) is 38.4 Å². The minimum atomic E-state index is -0.401. The van der Waals surface area contributed by atoms with E-state index in [1.165, 1.54) is 0 Å². The summed E-state index contributed by atoms with van der Waals surface area (Å²) in [6.07, 6.45) is 1.70. The first-order valence-corrected chi connectivity index (χ1v) is 10.6. The van der Waals surface area contributed by atoms with Crippen LogP contribution >= 0.6 is 23.2 Å². The maximum absolute atomic E-state index is 9.80. The summed E-state index contributed by atoms with van der Waals surface area (Å²) in [4.78, 5) is 0. The Balaban J connectivity index is 1.70. The highest BCUT2D eigenvalue weighted by molar-refractivity contribution is 6.35. The molecule has 3 N–H and O–H groups in total. The minimum Gasteiger partial charge on any atom is -0.489 e. The predicted molar refractivity (Wildman–Crippen MR) is 119 cm³/mol.